The van der Waals surface area contributed by atoms with Crippen LogP contribution in [0.3, 0.4) is 0 Å². The van der Waals surface area contributed by atoms with Gasteiger partial charge in [0.2, 0.25) is 5.91 Å². The first-order valence-electron chi connectivity index (χ1n) is 7.92. The SMILES string of the molecule is CN(C/C(N)=C/N(N)CCC(=O)NO)Sc1ccc(-c2ccccc2)s1. The van der Waals surface area contributed by atoms with Crippen LogP contribution in [0.25, 0.3) is 10.4 Å². The Bertz CT molecular complexity index is 736. The number of nitrogens with two attached hydrogens (primary N) is 2. The number of likely N-dealkylation sites (N-methyl/N-ethyl adjacent to an activating group) is 1. The second-order valence-corrected chi connectivity index (χ2v) is 8.18. The van der Waals surface area contributed by atoms with Gasteiger partial charge in [-0.1, -0.05) is 30.3 Å². The third kappa shape index (κ3) is 6.70. The molecule has 2 aromatic rings. The Morgan fingerprint density at radius 3 is 2.73 bits per heavy atom. The summed E-state index contributed by atoms with van der Waals surface area (Å²) >= 11 is 3.34. The lowest BCUT2D eigenvalue weighted by Crippen LogP contribution is -2.32. The molecule has 1 aromatic heterocycles. The number of rotatable bonds is 9. The number of carbonyl (C=O) groups is 1. The Labute approximate surface area is 161 Å². The number of thiophene rings is 1. The molecule has 0 aliphatic carbocycles. The maximum atomic E-state index is 11.0. The van der Waals surface area contributed by atoms with Crippen molar-refractivity contribution in [3.63, 3.8) is 0 Å². The van der Waals surface area contributed by atoms with Crippen molar-refractivity contribution in [2.24, 2.45) is 11.6 Å². The van der Waals surface area contributed by atoms with E-state index in [9.17, 15) is 4.79 Å². The standard InChI is InChI=1S/C17H23N5O2S2/c1-21(11-14(18)12-22(19)10-9-16(23)20-24)26-17-8-7-15(25-17)13-5-3-2-4-6-13/h2-8,12,24H,9-11,18-19H2,1H3,(H,20,23)/b14-12-. The highest BCUT2D eigenvalue weighted by Crippen LogP contribution is 2.34. The highest BCUT2D eigenvalue weighted by molar-refractivity contribution is 7.99. The molecule has 9 heteroatoms. The Kier molecular flexibility index (Phi) is 7.95. The van der Waals surface area contributed by atoms with E-state index < -0.39 is 5.91 Å². The number of benzene rings is 1. The van der Waals surface area contributed by atoms with Gasteiger partial charge >= 0.3 is 0 Å². The average molecular weight is 394 g/mol. The van der Waals surface area contributed by atoms with Crippen LogP contribution in [0.1, 0.15) is 6.42 Å². The maximum Gasteiger partial charge on any atom is 0.245 e. The summed E-state index contributed by atoms with van der Waals surface area (Å²) in [5.41, 5.74) is 9.35. The number of hydroxylamine groups is 1. The summed E-state index contributed by atoms with van der Waals surface area (Å²) in [4.78, 5) is 12.2. The molecule has 1 amide bonds. The molecular weight excluding hydrogens is 370 g/mol. The van der Waals surface area contributed by atoms with Crippen LogP contribution < -0.4 is 17.1 Å². The van der Waals surface area contributed by atoms with E-state index in [4.69, 9.17) is 16.8 Å². The van der Waals surface area contributed by atoms with Crippen molar-refractivity contribution in [3.8, 4) is 10.4 Å². The summed E-state index contributed by atoms with van der Waals surface area (Å²) in [6.07, 6.45) is 1.67. The van der Waals surface area contributed by atoms with Gasteiger partial charge in [0.1, 0.15) is 0 Å². The van der Waals surface area contributed by atoms with Crippen molar-refractivity contribution in [1.29, 1.82) is 0 Å². The lowest BCUT2D eigenvalue weighted by Gasteiger charge is -2.18. The Hall–Kier alpha value is -2.04. The van der Waals surface area contributed by atoms with Gasteiger partial charge in [-0.15, -0.1) is 11.3 Å². The van der Waals surface area contributed by atoms with Crippen molar-refractivity contribution < 1.29 is 10.0 Å². The van der Waals surface area contributed by atoms with E-state index in [0.717, 1.165) is 0 Å². The topological polar surface area (TPSA) is 108 Å². The summed E-state index contributed by atoms with van der Waals surface area (Å²) < 4.78 is 3.18. The largest absolute Gasteiger partial charge is 0.400 e. The lowest BCUT2D eigenvalue weighted by molar-refractivity contribution is -0.129. The average Bonchev–Trinajstić information content (AvgIpc) is 3.08. The van der Waals surface area contributed by atoms with Crippen molar-refractivity contribution in [1.82, 2.24) is 14.8 Å². The first kappa shape index (κ1) is 20.3. The molecule has 0 aliphatic rings. The van der Waals surface area contributed by atoms with Gasteiger partial charge in [-0.3, -0.25) is 10.0 Å². The van der Waals surface area contributed by atoms with Crippen LogP contribution in [0.2, 0.25) is 0 Å². The van der Waals surface area contributed by atoms with E-state index in [1.807, 2.05) is 29.6 Å². The molecule has 140 valence electrons. The highest BCUT2D eigenvalue weighted by atomic mass is 32.2. The summed E-state index contributed by atoms with van der Waals surface area (Å²) in [6.45, 7) is 0.776. The van der Waals surface area contributed by atoms with Crippen LogP contribution in [0.5, 0.6) is 0 Å². The Morgan fingerprint density at radius 1 is 1.31 bits per heavy atom. The van der Waals surface area contributed by atoms with Crippen LogP contribution in [0, 0.1) is 0 Å². The Morgan fingerprint density at radius 2 is 2.04 bits per heavy atom. The van der Waals surface area contributed by atoms with Crippen LogP contribution in [0.4, 0.5) is 0 Å². The fourth-order valence-electron chi connectivity index (χ4n) is 2.17. The van der Waals surface area contributed by atoms with Crippen molar-refractivity contribution in [2.45, 2.75) is 10.6 Å². The van der Waals surface area contributed by atoms with Gasteiger partial charge in [-0.2, -0.15) is 0 Å². The summed E-state index contributed by atoms with van der Waals surface area (Å²) in [5, 5.41) is 9.79. The second-order valence-electron chi connectivity index (χ2n) is 5.59. The van der Waals surface area contributed by atoms with Crippen molar-refractivity contribution in [3.05, 3.63) is 54.4 Å². The van der Waals surface area contributed by atoms with Gasteiger partial charge < -0.3 is 10.7 Å². The molecule has 1 heterocycles. The molecule has 0 fully saturated rings. The van der Waals surface area contributed by atoms with Gasteiger partial charge in [0.05, 0.1) is 10.8 Å². The molecule has 1 aromatic carbocycles. The van der Waals surface area contributed by atoms with E-state index in [1.165, 1.54) is 19.7 Å². The second kappa shape index (κ2) is 10.2. The number of nitrogens with one attached hydrogen (secondary N) is 1. The fraction of sp³-hybridized carbons (Fsp3) is 0.235. The fourth-order valence-corrected chi connectivity index (χ4v) is 4.37. The third-order valence-corrected chi connectivity index (χ3v) is 5.50. The van der Waals surface area contributed by atoms with Gasteiger partial charge in [0.15, 0.2) is 0 Å². The molecule has 26 heavy (non-hydrogen) atoms. The zero-order valence-corrected chi connectivity index (χ0v) is 16.1. The highest BCUT2D eigenvalue weighted by Gasteiger charge is 2.08. The van der Waals surface area contributed by atoms with Gasteiger partial charge in [0, 0.05) is 29.7 Å². The minimum Gasteiger partial charge on any atom is -0.400 e. The molecule has 0 bridgehead atoms. The van der Waals surface area contributed by atoms with Crippen LogP contribution in [-0.2, 0) is 4.79 Å². The van der Waals surface area contributed by atoms with Crippen LogP contribution in [-0.4, -0.2) is 40.6 Å². The number of hydrogen-bond donors (Lipinski definition) is 4. The number of nitrogens with zero attached hydrogens (tertiary/aromatic N) is 2. The van der Waals surface area contributed by atoms with E-state index in [0.29, 0.717) is 12.2 Å². The lowest BCUT2D eigenvalue weighted by atomic mass is 10.2. The molecular formula is C17H23N5O2S2. The van der Waals surface area contributed by atoms with Crippen molar-refractivity contribution >= 4 is 29.2 Å². The molecule has 0 atom stereocenters. The minimum absolute atomic E-state index is 0.0822. The van der Waals surface area contributed by atoms with Gasteiger partial charge in [-0.25, -0.2) is 15.6 Å². The van der Waals surface area contributed by atoms with E-state index in [-0.39, 0.29) is 13.0 Å². The normalized spacial score (nSPS) is 11.6. The van der Waals surface area contributed by atoms with Crippen LogP contribution in [0.15, 0.2) is 58.6 Å². The molecule has 0 saturated heterocycles. The van der Waals surface area contributed by atoms with Crippen molar-refractivity contribution in [2.75, 3.05) is 20.1 Å². The van der Waals surface area contributed by atoms with Gasteiger partial charge in [-0.05, 0) is 36.7 Å². The van der Waals surface area contributed by atoms with Crippen LogP contribution >= 0.6 is 23.3 Å². The number of amides is 1. The molecule has 0 spiro atoms. The number of carbonyl (C=O) groups excluding carboxylic acids is 1. The number of hydrogen-bond acceptors (Lipinski definition) is 8. The monoisotopic (exact) mass is 393 g/mol. The molecule has 0 aliphatic heterocycles. The summed E-state index contributed by atoms with van der Waals surface area (Å²) in [7, 11) is 1.95. The summed E-state index contributed by atoms with van der Waals surface area (Å²) in [6, 6.07) is 14.5. The first-order valence-corrected chi connectivity index (χ1v) is 9.51. The maximum absolute atomic E-state index is 11.0. The molecule has 0 radical (unpaired) electrons. The molecule has 7 nitrogen and oxygen atoms in total. The zero-order chi connectivity index (χ0) is 18.9. The first-order chi connectivity index (χ1) is 12.5. The molecule has 0 unspecified atom stereocenters. The predicted octanol–water partition coefficient (Wildman–Crippen LogP) is 2.23. The smallest absolute Gasteiger partial charge is 0.245 e. The number of hydrazine groups is 1. The van der Waals surface area contributed by atoms with E-state index >= 15 is 0 Å². The molecule has 2 rings (SSSR count). The quantitative estimate of drug-likeness (QED) is 0.224. The minimum atomic E-state index is -0.494. The zero-order valence-electron chi connectivity index (χ0n) is 14.5. The van der Waals surface area contributed by atoms with E-state index in [2.05, 4.69) is 24.3 Å². The summed E-state index contributed by atoms with van der Waals surface area (Å²) in [5.74, 6) is 5.27. The Balaban J connectivity index is 1.84. The van der Waals surface area contributed by atoms with E-state index in [1.54, 1.807) is 35.0 Å². The molecule has 6 N–H and O–H groups in total. The predicted molar refractivity (Wildman–Crippen MR) is 106 cm³/mol. The van der Waals surface area contributed by atoms with Gasteiger partial charge in [0.25, 0.3) is 0 Å². The molecule has 0 saturated carbocycles. The third-order valence-electron chi connectivity index (χ3n) is 3.34.